The van der Waals surface area contributed by atoms with Crippen molar-refractivity contribution in [1.82, 2.24) is 18.6 Å². The lowest BCUT2D eigenvalue weighted by molar-refractivity contribution is 0.0880. The molecule has 2 aromatic heterocycles. The largest absolute Gasteiger partial charge is 0.384 e. The second-order valence-corrected chi connectivity index (χ2v) is 5.67. The van der Waals surface area contributed by atoms with Gasteiger partial charge < -0.3 is 5.73 Å². The molecule has 0 spiro atoms. The van der Waals surface area contributed by atoms with Crippen LogP contribution in [-0.2, 0) is 0 Å². The highest BCUT2D eigenvalue weighted by atomic mass is 32.1. The zero-order valence-corrected chi connectivity index (χ0v) is 12.6. The van der Waals surface area contributed by atoms with Gasteiger partial charge in [0.1, 0.15) is 16.9 Å². The summed E-state index contributed by atoms with van der Waals surface area (Å²) in [5.41, 5.74) is 7.92. The Morgan fingerprint density at radius 1 is 1.17 bits per heavy atom. The number of nitrogens with zero attached hydrogens (tertiary/aromatic N) is 3. The van der Waals surface area contributed by atoms with E-state index < -0.39 is 17.4 Å². The van der Waals surface area contributed by atoms with E-state index in [1.807, 2.05) is 0 Å². The molecule has 0 saturated carbocycles. The molecule has 0 atom stereocenters. The van der Waals surface area contributed by atoms with Crippen molar-refractivity contribution >= 4 is 40.4 Å². The number of fused-ring (bicyclic) bond motifs is 2. The number of carbonyl (C=O) groups excluding carboxylic acids is 2. The van der Waals surface area contributed by atoms with Crippen molar-refractivity contribution in [2.75, 3.05) is 5.73 Å². The molecule has 3 aromatic rings. The molecular weight excluding hydrogens is 318 g/mol. The molecule has 0 unspecified atom stereocenters. The maximum absolute atomic E-state index is 12.5. The molecule has 1 aromatic carbocycles. The van der Waals surface area contributed by atoms with Crippen LogP contribution in [0.15, 0.2) is 23.0 Å². The Morgan fingerprint density at radius 3 is 2.74 bits per heavy atom. The molecule has 114 valence electrons. The molecule has 4 rings (SSSR count). The molecule has 0 aliphatic carbocycles. The third-order valence-electron chi connectivity index (χ3n) is 3.78. The minimum absolute atomic E-state index is 0.00465. The van der Waals surface area contributed by atoms with Crippen LogP contribution >= 0.6 is 11.7 Å². The van der Waals surface area contributed by atoms with Crippen molar-refractivity contribution < 1.29 is 9.59 Å². The fourth-order valence-corrected chi connectivity index (χ4v) is 3.27. The number of nitrogen functional groups attached to an aromatic ring is 1. The van der Waals surface area contributed by atoms with Crippen molar-refractivity contribution in [3.63, 3.8) is 0 Å². The molecule has 3 heterocycles. The first kappa shape index (κ1) is 13.6. The number of benzene rings is 1. The monoisotopic (exact) mass is 327 g/mol. The highest BCUT2D eigenvalue weighted by Gasteiger charge is 2.32. The smallest absolute Gasteiger partial charge is 0.262 e. The van der Waals surface area contributed by atoms with Gasteiger partial charge in [-0.1, -0.05) is 6.07 Å². The van der Waals surface area contributed by atoms with Gasteiger partial charge in [0.05, 0.1) is 28.5 Å². The van der Waals surface area contributed by atoms with Crippen LogP contribution in [0.5, 0.6) is 0 Å². The van der Waals surface area contributed by atoms with Crippen LogP contribution in [0.25, 0.3) is 16.7 Å². The van der Waals surface area contributed by atoms with Crippen LogP contribution in [0.4, 0.5) is 5.82 Å². The van der Waals surface area contributed by atoms with Gasteiger partial charge >= 0.3 is 0 Å². The summed E-state index contributed by atoms with van der Waals surface area (Å²) in [7, 11) is 0. The normalized spacial score (nSPS) is 13.4. The van der Waals surface area contributed by atoms with E-state index in [4.69, 9.17) is 5.73 Å². The van der Waals surface area contributed by atoms with Gasteiger partial charge in [-0.25, -0.2) is 0 Å². The Labute approximate surface area is 132 Å². The van der Waals surface area contributed by atoms with Crippen molar-refractivity contribution in [2.24, 2.45) is 0 Å². The molecule has 3 N–H and O–H groups in total. The second-order valence-electron chi connectivity index (χ2n) is 5.14. The van der Waals surface area contributed by atoms with Gasteiger partial charge in [0, 0.05) is 6.07 Å². The van der Waals surface area contributed by atoms with Gasteiger partial charge in [-0.05, 0) is 18.6 Å². The quantitative estimate of drug-likeness (QED) is 0.632. The summed E-state index contributed by atoms with van der Waals surface area (Å²) in [6, 6.07) is 4.70. The Balaban J connectivity index is 2.15. The molecule has 1 aliphatic rings. The van der Waals surface area contributed by atoms with Crippen molar-refractivity contribution in [3.8, 4) is 5.69 Å². The van der Waals surface area contributed by atoms with E-state index in [1.165, 1.54) is 4.57 Å². The lowest BCUT2D eigenvalue weighted by Gasteiger charge is -2.14. The van der Waals surface area contributed by atoms with Crippen LogP contribution in [0, 0.1) is 6.92 Å². The first-order valence-electron chi connectivity index (χ1n) is 6.62. The third-order valence-corrected chi connectivity index (χ3v) is 4.32. The number of anilines is 1. The molecule has 0 fully saturated rings. The number of carbonyl (C=O) groups is 2. The predicted molar refractivity (Wildman–Crippen MR) is 84.0 cm³/mol. The summed E-state index contributed by atoms with van der Waals surface area (Å²) in [6.07, 6.45) is 0. The number of nitrogens with one attached hydrogen (secondary N) is 1. The predicted octanol–water partition coefficient (Wildman–Crippen LogP) is 0.616. The van der Waals surface area contributed by atoms with Gasteiger partial charge in [-0.2, -0.15) is 8.75 Å². The molecule has 1 aliphatic heterocycles. The lowest BCUT2D eigenvalue weighted by atomic mass is 10.1. The van der Waals surface area contributed by atoms with E-state index in [2.05, 4.69) is 14.1 Å². The highest BCUT2D eigenvalue weighted by molar-refractivity contribution is 7.00. The van der Waals surface area contributed by atoms with Gasteiger partial charge in [-0.3, -0.25) is 24.3 Å². The van der Waals surface area contributed by atoms with Crippen LogP contribution in [-0.4, -0.2) is 25.1 Å². The number of pyridine rings is 1. The number of hydrogen-bond acceptors (Lipinski definition) is 7. The zero-order chi connectivity index (χ0) is 16.3. The maximum Gasteiger partial charge on any atom is 0.262 e. The molecule has 9 heteroatoms. The Kier molecular flexibility index (Phi) is 2.64. The summed E-state index contributed by atoms with van der Waals surface area (Å²) in [5, 5.41) is 2.14. The van der Waals surface area contributed by atoms with Gasteiger partial charge in [-0.15, -0.1) is 0 Å². The average molecular weight is 327 g/mol. The van der Waals surface area contributed by atoms with E-state index in [9.17, 15) is 14.4 Å². The Hall–Kier alpha value is -3.07. The number of amides is 2. The Bertz CT molecular complexity index is 1080. The van der Waals surface area contributed by atoms with E-state index in [1.54, 1.807) is 19.1 Å². The molecular formula is C14H9N5O3S. The van der Waals surface area contributed by atoms with Crippen molar-refractivity contribution in [1.29, 1.82) is 0 Å². The minimum Gasteiger partial charge on any atom is -0.384 e. The maximum atomic E-state index is 12.5. The number of aryl methyl sites for hydroxylation is 1. The molecule has 23 heavy (non-hydrogen) atoms. The summed E-state index contributed by atoms with van der Waals surface area (Å²) >= 11 is 1.02. The fraction of sp³-hybridized carbons (Fsp3) is 0.0714. The van der Waals surface area contributed by atoms with Gasteiger partial charge in [0.2, 0.25) is 0 Å². The van der Waals surface area contributed by atoms with Crippen molar-refractivity contribution in [3.05, 3.63) is 45.2 Å². The SMILES string of the molecule is Cc1ccc2nsnc2c1-n1c(N)c2c(cc1=O)C(=O)NC2=O. The molecule has 8 nitrogen and oxygen atoms in total. The molecule has 0 bridgehead atoms. The van der Waals surface area contributed by atoms with Crippen LogP contribution < -0.4 is 16.6 Å². The highest BCUT2D eigenvalue weighted by Crippen LogP contribution is 2.28. The molecule has 0 saturated heterocycles. The van der Waals surface area contributed by atoms with Crippen LogP contribution in [0.1, 0.15) is 26.3 Å². The number of aromatic nitrogens is 3. The number of imide groups is 1. The topological polar surface area (TPSA) is 120 Å². The zero-order valence-electron chi connectivity index (χ0n) is 11.8. The van der Waals surface area contributed by atoms with Gasteiger partial charge in [0.15, 0.2) is 0 Å². The molecule has 2 amide bonds. The second kappa shape index (κ2) is 4.46. The number of nitrogens with two attached hydrogens (primary N) is 1. The van der Waals surface area contributed by atoms with Crippen molar-refractivity contribution in [2.45, 2.75) is 6.92 Å². The fourth-order valence-electron chi connectivity index (χ4n) is 2.73. The number of rotatable bonds is 1. The standard InChI is InChI=1S/C14H9N5O3S/c1-5-2-3-7-10(18-23-17-7)11(5)19-8(20)4-6-9(12(19)15)14(22)16-13(6)21/h2-4H,15H2,1H3,(H,16,21,22). The summed E-state index contributed by atoms with van der Waals surface area (Å²) in [4.78, 5) is 36.2. The third kappa shape index (κ3) is 1.73. The average Bonchev–Trinajstić information content (AvgIpc) is 3.06. The Morgan fingerprint density at radius 2 is 1.96 bits per heavy atom. The molecule has 0 radical (unpaired) electrons. The van der Waals surface area contributed by atoms with Crippen LogP contribution in [0.2, 0.25) is 0 Å². The van der Waals surface area contributed by atoms with E-state index >= 15 is 0 Å². The number of hydrogen-bond donors (Lipinski definition) is 2. The van der Waals surface area contributed by atoms with E-state index in [0.717, 1.165) is 23.4 Å². The minimum atomic E-state index is -0.619. The van der Waals surface area contributed by atoms with Gasteiger partial charge in [0.25, 0.3) is 17.4 Å². The summed E-state index contributed by atoms with van der Waals surface area (Å²) in [5.74, 6) is -1.32. The van der Waals surface area contributed by atoms with Crippen LogP contribution in [0.3, 0.4) is 0 Å². The first-order valence-corrected chi connectivity index (χ1v) is 7.35. The summed E-state index contributed by atoms with van der Waals surface area (Å²) < 4.78 is 9.56. The van der Waals surface area contributed by atoms with E-state index in [0.29, 0.717) is 16.7 Å². The first-order chi connectivity index (χ1) is 11.0. The summed E-state index contributed by atoms with van der Waals surface area (Å²) in [6.45, 7) is 1.80. The lowest BCUT2D eigenvalue weighted by Crippen LogP contribution is -2.25. The van der Waals surface area contributed by atoms with E-state index in [-0.39, 0.29) is 16.9 Å².